The summed E-state index contributed by atoms with van der Waals surface area (Å²) < 4.78 is 11.1. The third-order valence-corrected chi connectivity index (χ3v) is 8.70. The second kappa shape index (κ2) is 8.63. The largest absolute Gasteiger partial charge is 0.454 e. The number of pyridine rings is 1. The summed E-state index contributed by atoms with van der Waals surface area (Å²) in [6.07, 6.45) is 5.34. The van der Waals surface area contributed by atoms with Crippen LogP contribution in [0.5, 0.6) is 11.5 Å². The number of rotatable bonds is 4. The van der Waals surface area contributed by atoms with E-state index in [0.717, 1.165) is 11.1 Å². The summed E-state index contributed by atoms with van der Waals surface area (Å²) in [5.74, 6) is -1.05. The van der Waals surface area contributed by atoms with E-state index in [4.69, 9.17) is 9.47 Å². The highest BCUT2D eigenvalue weighted by molar-refractivity contribution is 6.16. The number of nitrogens with one attached hydrogen (secondary N) is 1. The molecule has 1 spiro atoms. The normalized spacial score (nSPS) is 24.5. The van der Waals surface area contributed by atoms with Gasteiger partial charge in [0.2, 0.25) is 18.5 Å². The molecule has 1 aromatic heterocycles. The number of para-hydroxylation sites is 1. The van der Waals surface area contributed by atoms with Crippen LogP contribution in [0.1, 0.15) is 43.6 Å². The average Bonchev–Trinajstić information content (AvgIpc) is 3.70. The van der Waals surface area contributed by atoms with Crippen LogP contribution in [0, 0.1) is 5.92 Å². The fourth-order valence-electron chi connectivity index (χ4n) is 7.06. The first-order valence-electron chi connectivity index (χ1n) is 13.4. The third kappa shape index (κ3) is 3.15. The highest BCUT2D eigenvalue weighted by atomic mass is 16.7. The van der Waals surface area contributed by atoms with Crippen molar-refractivity contribution in [3.63, 3.8) is 0 Å². The number of aromatic nitrogens is 1. The Kier molecular flexibility index (Phi) is 4.97. The third-order valence-electron chi connectivity index (χ3n) is 8.70. The molecular weight excluding hydrogens is 518 g/mol. The summed E-state index contributed by atoms with van der Waals surface area (Å²) in [7, 11) is 0. The van der Waals surface area contributed by atoms with Gasteiger partial charge in [-0.1, -0.05) is 48.5 Å². The van der Waals surface area contributed by atoms with Gasteiger partial charge in [-0.15, -0.1) is 0 Å². The zero-order valence-corrected chi connectivity index (χ0v) is 21.7. The maximum atomic E-state index is 14.9. The number of hydrogen-bond acceptors (Lipinski definition) is 7. The smallest absolute Gasteiger partial charge is 0.238 e. The number of amides is 1. The highest BCUT2D eigenvalue weighted by Gasteiger charge is 2.70. The number of fused-ring (bicyclic) bond motifs is 7. The molecule has 4 unspecified atom stereocenters. The first kappa shape index (κ1) is 23.6. The maximum Gasteiger partial charge on any atom is 0.238 e. The summed E-state index contributed by atoms with van der Waals surface area (Å²) in [5, 5.41) is 3.06. The van der Waals surface area contributed by atoms with Gasteiger partial charge >= 0.3 is 0 Å². The summed E-state index contributed by atoms with van der Waals surface area (Å²) in [6, 6.07) is 23.8. The zero-order valence-electron chi connectivity index (χ0n) is 21.7. The lowest BCUT2D eigenvalue weighted by molar-refractivity contribution is -0.122. The molecule has 4 atom stereocenters. The molecule has 0 aliphatic carbocycles. The number of ketones is 2. The average molecular weight is 542 g/mol. The van der Waals surface area contributed by atoms with E-state index in [1.807, 2.05) is 65.7 Å². The number of Topliss-reactive ketones (excluding diaryl/α,β-unsaturated/α-hetero) is 2. The van der Waals surface area contributed by atoms with Gasteiger partial charge in [-0.2, -0.15) is 0 Å². The Morgan fingerprint density at radius 1 is 0.902 bits per heavy atom. The van der Waals surface area contributed by atoms with Crippen LogP contribution in [-0.4, -0.2) is 40.2 Å². The fourth-order valence-corrected chi connectivity index (χ4v) is 7.06. The molecule has 0 saturated carbocycles. The molecule has 8 heteroatoms. The van der Waals surface area contributed by atoms with Crippen LogP contribution in [0.3, 0.4) is 0 Å². The van der Waals surface area contributed by atoms with Gasteiger partial charge in [-0.05, 0) is 59.2 Å². The number of carbonyl (C=O) groups excluding carboxylic acids is 3. The zero-order chi connectivity index (χ0) is 27.7. The van der Waals surface area contributed by atoms with Crippen LogP contribution < -0.4 is 14.8 Å². The van der Waals surface area contributed by atoms with Crippen molar-refractivity contribution in [2.75, 3.05) is 12.1 Å². The molecule has 8 rings (SSSR count). The van der Waals surface area contributed by atoms with Crippen LogP contribution in [0.4, 0.5) is 5.69 Å². The quantitative estimate of drug-likeness (QED) is 0.371. The molecule has 4 aliphatic rings. The standard InChI is InChI=1S/C33H23N3O5/c37-29(20-12-13-25-26(17-20)41-18-40-25)27-28(30(38)24-11-5-6-15-34-24)36-16-14-19-7-1-2-8-21(19)31(36)33(27)22-9-3-4-10-23(22)35-32(33)39/h1-17,27-28,31H,18H2,(H,35,39). The summed E-state index contributed by atoms with van der Waals surface area (Å²) in [6.45, 7) is 0.0638. The molecule has 8 nitrogen and oxygen atoms in total. The van der Waals surface area contributed by atoms with Crippen LogP contribution in [0.15, 0.2) is 97.3 Å². The van der Waals surface area contributed by atoms with E-state index in [0.29, 0.717) is 28.3 Å². The van der Waals surface area contributed by atoms with Crippen molar-refractivity contribution in [1.82, 2.24) is 9.88 Å². The molecular formula is C33H23N3O5. The van der Waals surface area contributed by atoms with Gasteiger partial charge in [-0.25, -0.2) is 0 Å². The second-order valence-corrected chi connectivity index (χ2v) is 10.6. The Bertz CT molecular complexity index is 1800. The number of benzene rings is 3. The molecule has 1 amide bonds. The Morgan fingerprint density at radius 2 is 1.71 bits per heavy atom. The molecule has 1 saturated heterocycles. The monoisotopic (exact) mass is 541 g/mol. The van der Waals surface area contributed by atoms with Crippen molar-refractivity contribution in [3.8, 4) is 11.5 Å². The lowest BCUT2D eigenvalue weighted by atomic mass is 9.62. The van der Waals surface area contributed by atoms with Gasteiger partial charge < -0.3 is 19.7 Å². The van der Waals surface area contributed by atoms with Gasteiger partial charge in [0.05, 0.1) is 12.0 Å². The van der Waals surface area contributed by atoms with Crippen molar-refractivity contribution >= 4 is 29.2 Å². The molecule has 5 heterocycles. The molecule has 41 heavy (non-hydrogen) atoms. The predicted molar refractivity (Wildman–Crippen MR) is 150 cm³/mol. The molecule has 4 aliphatic heterocycles. The first-order valence-corrected chi connectivity index (χ1v) is 13.4. The van der Waals surface area contributed by atoms with Gasteiger partial charge in [0, 0.05) is 23.6 Å². The SMILES string of the molecule is O=C(c1ccccn1)C1C(C(=O)c2ccc3c(c2)OCO3)C2(C(=O)Nc3ccccc32)C2c3ccccc3C=CN12. The number of anilines is 1. The van der Waals surface area contributed by atoms with E-state index in [1.165, 1.54) is 0 Å². The number of carbonyl (C=O) groups is 3. The predicted octanol–water partition coefficient (Wildman–Crippen LogP) is 4.79. The number of nitrogens with zero attached hydrogens (tertiary/aromatic N) is 2. The summed E-state index contributed by atoms with van der Waals surface area (Å²) >= 11 is 0. The van der Waals surface area contributed by atoms with Crippen LogP contribution in [-0.2, 0) is 10.2 Å². The van der Waals surface area contributed by atoms with Gasteiger partial charge in [-0.3, -0.25) is 19.4 Å². The Morgan fingerprint density at radius 3 is 2.59 bits per heavy atom. The van der Waals surface area contributed by atoms with E-state index in [2.05, 4.69) is 10.3 Å². The second-order valence-electron chi connectivity index (χ2n) is 10.6. The molecule has 0 radical (unpaired) electrons. The minimum absolute atomic E-state index is 0.0638. The van der Waals surface area contributed by atoms with E-state index >= 15 is 0 Å². The van der Waals surface area contributed by atoms with Crippen LogP contribution >= 0.6 is 0 Å². The van der Waals surface area contributed by atoms with E-state index in [-0.39, 0.29) is 30.0 Å². The molecule has 1 fully saturated rings. The van der Waals surface area contributed by atoms with Crippen molar-refractivity contribution < 1.29 is 23.9 Å². The molecule has 200 valence electrons. The highest BCUT2D eigenvalue weighted by Crippen LogP contribution is 2.62. The van der Waals surface area contributed by atoms with Crippen molar-refractivity contribution in [1.29, 1.82) is 0 Å². The Hall–Kier alpha value is -5.24. The lowest BCUT2D eigenvalue weighted by Crippen LogP contribution is -2.49. The Labute approximate surface area is 235 Å². The summed E-state index contributed by atoms with van der Waals surface area (Å²) in [4.78, 5) is 50.0. The van der Waals surface area contributed by atoms with E-state index in [1.54, 1.807) is 42.6 Å². The molecule has 3 aromatic carbocycles. The molecule has 1 N–H and O–H groups in total. The number of ether oxygens (including phenoxy) is 2. The first-order chi connectivity index (χ1) is 20.1. The van der Waals surface area contributed by atoms with E-state index < -0.39 is 23.4 Å². The van der Waals surface area contributed by atoms with E-state index in [9.17, 15) is 14.4 Å². The topological polar surface area (TPSA) is 97.8 Å². The van der Waals surface area contributed by atoms with Crippen LogP contribution in [0.2, 0.25) is 0 Å². The maximum absolute atomic E-state index is 14.9. The molecule has 0 bridgehead atoms. The fraction of sp³-hybridized carbons (Fsp3) is 0.152. The minimum Gasteiger partial charge on any atom is -0.454 e. The van der Waals surface area contributed by atoms with Gasteiger partial charge in [0.25, 0.3) is 0 Å². The van der Waals surface area contributed by atoms with Crippen LogP contribution in [0.25, 0.3) is 6.08 Å². The van der Waals surface area contributed by atoms with Gasteiger partial charge in [0.1, 0.15) is 17.2 Å². The summed E-state index contributed by atoms with van der Waals surface area (Å²) in [5.41, 5.74) is 2.31. The van der Waals surface area contributed by atoms with Crippen molar-refractivity contribution in [2.24, 2.45) is 5.92 Å². The minimum atomic E-state index is -1.40. The lowest BCUT2D eigenvalue weighted by Gasteiger charge is -2.38. The Balaban J connectivity index is 1.42. The number of hydrogen-bond donors (Lipinski definition) is 1. The molecule has 4 aromatic rings. The van der Waals surface area contributed by atoms with Crippen molar-refractivity contribution in [2.45, 2.75) is 17.5 Å². The van der Waals surface area contributed by atoms with Gasteiger partial charge in [0.15, 0.2) is 17.3 Å². The van der Waals surface area contributed by atoms with Crippen molar-refractivity contribution in [3.05, 3.63) is 125 Å².